The molecule has 0 spiro atoms. The minimum Gasteiger partial charge on any atom is -0.497 e. The van der Waals surface area contributed by atoms with Gasteiger partial charge in [-0.25, -0.2) is 8.78 Å². The van der Waals surface area contributed by atoms with Crippen LogP contribution in [-0.4, -0.2) is 22.8 Å². The summed E-state index contributed by atoms with van der Waals surface area (Å²) in [6.07, 6.45) is -2.68. The van der Waals surface area contributed by atoms with Crippen molar-refractivity contribution in [1.82, 2.24) is 9.78 Å². The van der Waals surface area contributed by atoms with Gasteiger partial charge in [0.05, 0.1) is 7.11 Å². The van der Waals surface area contributed by atoms with E-state index in [1.807, 2.05) is 0 Å². The van der Waals surface area contributed by atoms with Gasteiger partial charge < -0.3 is 10.1 Å². The number of alkyl halides is 2. The number of aryl methyl sites for hydroxylation is 1. The lowest BCUT2D eigenvalue weighted by Crippen LogP contribution is -2.14. The van der Waals surface area contributed by atoms with E-state index in [2.05, 4.69) is 10.4 Å². The molecule has 0 radical (unpaired) electrons. The summed E-state index contributed by atoms with van der Waals surface area (Å²) in [6.45, 7) is 0. The zero-order valence-corrected chi connectivity index (χ0v) is 10.9. The molecule has 0 unspecified atom stereocenters. The maximum Gasteiger partial charge on any atom is 0.282 e. The average Bonchev–Trinajstić information content (AvgIpc) is 2.80. The first kappa shape index (κ1) is 14.0. The number of benzene rings is 1. The van der Waals surface area contributed by atoms with Gasteiger partial charge in [0.25, 0.3) is 12.3 Å². The van der Waals surface area contributed by atoms with Crippen LogP contribution in [0.25, 0.3) is 0 Å². The number of nitrogens with one attached hydrogen (secondary N) is 1. The lowest BCUT2D eigenvalue weighted by atomic mass is 10.2. The first-order valence-electron chi connectivity index (χ1n) is 5.78. The number of hydrogen-bond acceptors (Lipinski definition) is 3. The molecule has 2 rings (SSSR count). The maximum atomic E-state index is 12.5. The van der Waals surface area contributed by atoms with E-state index in [-0.39, 0.29) is 11.5 Å². The van der Waals surface area contributed by atoms with E-state index < -0.39 is 12.3 Å². The van der Waals surface area contributed by atoms with Crippen LogP contribution in [0.3, 0.4) is 0 Å². The van der Waals surface area contributed by atoms with Crippen molar-refractivity contribution in [3.8, 4) is 5.75 Å². The fourth-order valence-corrected chi connectivity index (χ4v) is 1.67. The minimum atomic E-state index is -2.68. The fourth-order valence-electron chi connectivity index (χ4n) is 1.67. The Balaban J connectivity index is 2.18. The van der Waals surface area contributed by atoms with Crippen molar-refractivity contribution < 1.29 is 18.3 Å². The first-order valence-corrected chi connectivity index (χ1v) is 5.78. The van der Waals surface area contributed by atoms with Gasteiger partial charge in [0.2, 0.25) is 0 Å². The molecule has 1 N–H and O–H groups in total. The van der Waals surface area contributed by atoms with Crippen LogP contribution in [0.2, 0.25) is 0 Å². The topological polar surface area (TPSA) is 56.1 Å². The van der Waals surface area contributed by atoms with E-state index in [9.17, 15) is 13.6 Å². The molecule has 0 atom stereocenters. The summed E-state index contributed by atoms with van der Waals surface area (Å²) in [6, 6.07) is 7.67. The number of rotatable bonds is 4. The summed E-state index contributed by atoms with van der Waals surface area (Å²) < 4.78 is 31.2. The van der Waals surface area contributed by atoms with Crippen LogP contribution >= 0.6 is 0 Å². The van der Waals surface area contributed by atoms with Gasteiger partial charge in [-0.2, -0.15) is 5.10 Å². The first-order chi connectivity index (χ1) is 9.51. The second-order valence-electron chi connectivity index (χ2n) is 4.06. The Kier molecular flexibility index (Phi) is 3.97. The van der Waals surface area contributed by atoms with Gasteiger partial charge >= 0.3 is 0 Å². The lowest BCUT2D eigenvalue weighted by molar-refractivity contribution is 0.102. The van der Waals surface area contributed by atoms with E-state index in [4.69, 9.17) is 4.74 Å². The SMILES string of the molecule is COc1cccc(C(=O)Nc2cc(C(F)F)nn2C)c1. The molecule has 1 heterocycles. The summed E-state index contributed by atoms with van der Waals surface area (Å²) in [7, 11) is 2.97. The predicted octanol–water partition coefficient (Wildman–Crippen LogP) is 2.62. The average molecular weight is 281 g/mol. The number of amides is 1. The highest BCUT2D eigenvalue weighted by Gasteiger charge is 2.16. The van der Waals surface area contributed by atoms with Crippen LogP contribution < -0.4 is 10.1 Å². The predicted molar refractivity (Wildman–Crippen MR) is 69.1 cm³/mol. The summed E-state index contributed by atoms with van der Waals surface area (Å²) >= 11 is 0. The summed E-state index contributed by atoms with van der Waals surface area (Å²) in [5.41, 5.74) is -0.0161. The summed E-state index contributed by atoms with van der Waals surface area (Å²) in [5, 5.41) is 6.14. The molecule has 0 aliphatic heterocycles. The van der Waals surface area contributed by atoms with Gasteiger partial charge in [0.15, 0.2) is 0 Å². The minimum absolute atomic E-state index is 0.202. The molecule has 7 heteroatoms. The van der Waals surface area contributed by atoms with Crippen LogP contribution in [0.15, 0.2) is 30.3 Å². The van der Waals surface area contributed by atoms with Crippen molar-refractivity contribution in [2.24, 2.45) is 7.05 Å². The van der Waals surface area contributed by atoms with E-state index in [1.165, 1.54) is 18.8 Å². The molecule has 20 heavy (non-hydrogen) atoms. The Labute approximate surface area is 114 Å². The highest BCUT2D eigenvalue weighted by atomic mass is 19.3. The molecule has 0 aliphatic rings. The van der Waals surface area contributed by atoms with Crippen molar-refractivity contribution in [3.05, 3.63) is 41.6 Å². The zero-order chi connectivity index (χ0) is 14.7. The fraction of sp³-hybridized carbons (Fsp3) is 0.231. The third kappa shape index (κ3) is 2.93. The van der Waals surface area contributed by atoms with Crippen molar-refractivity contribution >= 4 is 11.7 Å². The number of carbonyl (C=O) groups excluding carboxylic acids is 1. The largest absolute Gasteiger partial charge is 0.497 e. The van der Waals surface area contributed by atoms with Gasteiger partial charge in [-0.3, -0.25) is 9.48 Å². The molecule has 1 amide bonds. The Morgan fingerprint density at radius 2 is 2.15 bits per heavy atom. The van der Waals surface area contributed by atoms with E-state index >= 15 is 0 Å². The molecule has 0 bridgehead atoms. The van der Waals surface area contributed by atoms with Gasteiger partial charge in [-0.05, 0) is 18.2 Å². The van der Waals surface area contributed by atoms with Crippen molar-refractivity contribution in [3.63, 3.8) is 0 Å². The second kappa shape index (κ2) is 5.68. The van der Waals surface area contributed by atoms with E-state index in [1.54, 1.807) is 24.3 Å². The number of carbonyl (C=O) groups is 1. The summed E-state index contributed by atoms with van der Waals surface area (Å²) in [4.78, 5) is 12.0. The third-order valence-corrected chi connectivity index (χ3v) is 2.70. The highest BCUT2D eigenvalue weighted by Crippen LogP contribution is 2.21. The highest BCUT2D eigenvalue weighted by molar-refractivity contribution is 6.04. The smallest absolute Gasteiger partial charge is 0.282 e. The van der Waals surface area contributed by atoms with Crippen LogP contribution in [0.4, 0.5) is 14.6 Å². The lowest BCUT2D eigenvalue weighted by Gasteiger charge is -2.06. The molecular weight excluding hydrogens is 268 g/mol. The van der Waals surface area contributed by atoms with Crippen LogP contribution in [0.5, 0.6) is 5.75 Å². The summed E-state index contributed by atoms with van der Waals surface area (Å²) in [5.74, 6) is 0.316. The van der Waals surface area contributed by atoms with Crippen molar-refractivity contribution in [2.75, 3.05) is 12.4 Å². The molecule has 0 aliphatic carbocycles. The molecular formula is C13H13F2N3O2. The molecule has 0 fully saturated rings. The monoisotopic (exact) mass is 281 g/mol. The molecule has 1 aromatic carbocycles. The molecule has 0 saturated heterocycles. The van der Waals surface area contributed by atoms with E-state index in [0.717, 1.165) is 6.07 Å². The number of aromatic nitrogens is 2. The Hall–Kier alpha value is -2.44. The molecule has 5 nitrogen and oxygen atoms in total. The Bertz CT molecular complexity index is 626. The number of hydrogen-bond donors (Lipinski definition) is 1. The number of anilines is 1. The van der Waals surface area contributed by atoms with Crippen LogP contribution in [0, 0.1) is 0 Å². The van der Waals surface area contributed by atoms with Crippen molar-refractivity contribution in [2.45, 2.75) is 6.43 Å². The van der Waals surface area contributed by atoms with E-state index in [0.29, 0.717) is 11.3 Å². The number of halogens is 2. The van der Waals surface area contributed by atoms with Gasteiger partial charge in [0, 0.05) is 18.7 Å². The molecule has 2 aromatic rings. The number of nitrogens with zero attached hydrogens (tertiary/aromatic N) is 2. The van der Waals surface area contributed by atoms with Gasteiger partial charge in [-0.15, -0.1) is 0 Å². The Morgan fingerprint density at radius 1 is 1.40 bits per heavy atom. The van der Waals surface area contributed by atoms with Crippen LogP contribution in [0.1, 0.15) is 22.5 Å². The number of ether oxygens (including phenoxy) is 1. The normalized spacial score (nSPS) is 10.7. The van der Waals surface area contributed by atoms with Gasteiger partial charge in [0.1, 0.15) is 17.3 Å². The second-order valence-corrected chi connectivity index (χ2v) is 4.06. The molecule has 0 saturated carbocycles. The standard InChI is InChI=1S/C13H13F2N3O2/c1-18-11(7-10(17-18)12(14)15)16-13(19)8-4-3-5-9(6-8)20-2/h3-7,12H,1-2H3,(H,16,19). The molecule has 1 aromatic heterocycles. The zero-order valence-electron chi connectivity index (χ0n) is 10.9. The maximum absolute atomic E-state index is 12.5. The van der Waals surface area contributed by atoms with Gasteiger partial charge in [-0.1, -0.05) is 6.07 Å². The number of methoxy groups -OCH3 is 1. The molecule has 106 valence electrons. The Morgan fingerprint density at radius 3 is 2.75 bits per heavy atom. The third-order valence-electron chi connectivity index (χ3n) is 2.70. The quantitative estimate of drug-likeness (QED) is 0.937. The van der Waals surface area contributed by atoms with Crippen molar-refractivity contribution in [1.29, 1.82) is 0 Å². The van der Waals surface area contributed by atoms with Crippen LogP contribution in [-0.2, 0) is 7.05 Å².